The van der Waals surface area contributed by atoms with E-state index < -0.39 is 0 Å². The van der Waals surface area contributed by atoms with Crippen LogP contribution in [0.15, 0.2) is 64.2 Å². The van der Waals surface area contributed by atoms with Crippen molar-refractivity contribution in [3.05, 3.63) is 65.2 Å². The van der Waals surface area contributed by atoms with Crippen molar-refractivity contribution < 1.29 is 0 Å². The van der Waals surface area contributed by atoms with Gasteiger partial charge in [0.05, 0.1) is 16.8 Å². The summed E-state index contributed by atoms with van der Waals surface area (Å²) in [6.07, 6.45) is 5.57. The van der Waals surface area contributed by atoms with Gasteiger partial charge in [0.1, 0.15) is 27.4 Å². The fourth-order valence-electron chi connectivity index (χ4n) is 2.55. The molecule has 4 rings (SSSR count). The first-order valence-corrected chi connectivity index (χ1v) is 11.1. The summed E-state index contributed by atoms with van der Waals surface area (Å²) in [4.78, 5) is 1.07. The SMILES string of the molecule is CSc1nsc(N/N=C\c2cn(-c3ccccc3)nc2-c2cccs2)c1C#N. The lowest BCUT2D eigenvalue weighted by Crippen LogP contribution is -1.93. The van der Waals surface area contributed by atoms with Gasteiger partial charge < -0.3 is 0 Å². The molecule has 6 nitrogen and oxygen atoms in total. The Balaban J connectivity index is 1.65. The van der Waals surface area contributed by atoms with Crippen molar-refractivity contribution in [3.8, 4) is 22.3 Å². The average Bonchev–Trinajstić information content (AvgIpc) is 3.47. The van der Waals surface area contributed by atoms with E-state index in [4.69, 9.17) is 5.10 Å². The van der Waals surface area contributed by atoms with E-state index in [9.17, 15) is 5.26 Å². The Kier molecular flexibility index (Phi) is 5.53. The summed E-state index contributed by atoms with van der Waals surface area (Å²) >= 11 is 4.30. The molecule has 3 heterocycles. The minimum atomic E-state index is 0.521. The van der Waals surface area contributed by atoms with Gasteiger partial charge in [0.15, 0.2) is 0 Å². The first kappa shape index (κ1) is 18.4. The Morgan fingerprint density at radius 1 is 1.25 bits per heavy atom. The van der Waals surface area contributed by atoms with Gasteiger partial charge in [-0.25, -0.2) is 4.68 Å². The van der Waals surface area contributed by atoms with E-state index >= 15 is 0 Å². The van der Waals surface area contributed by atoms with Gasteiger partial charge in [-0.15, -0.1) is 23.1 Å². The number of anilines is 1. The lowest BCUT2D eigenvalue weighted by atomic mass is 10.2. The molecule has 0 unspecified atom stereocenters. The Morgan fingerprint density at radius 2 is 2.11 bits per heavy atom. The molecule has 0 radical (unpaired) electrons. The molecular weight excluding hydrogens is 408 g/mol. The number of hydrogen-bond acceptors (Lipinski definition) is 8. The van der Waals surface area contributed by atoms with Crippen molar-refractivity contribution in [1.82, 2.24) is 14.2 Å². The molecule has 0 bridgehead atoms. The standard InChI is InChI=1S/C19H14N6S3/c1-26-19-15(10-20)18(28-24-19)22-21-11-13-12-25(14-6-3-2-4-7-14)23-17(13)16-8-5-9-27-16/h2-9,11-12,22H,1H3/b21-11-. The van der Waals surface area contributed by atoms with Crippen molar-refractivity contribution in [2.75, 3.05) is 11.7 Å². The molecule has 0 saturated carbocycles. The molecule has 9 heteroatoms. The van der Waals surface area contributed by atoms with Crippen LogP contribution in [0.1, 0.15) is 11.1 Å². The predicted octanol–water partition coefficient (Wildman–Crippen LogP) is 5.10. The van der Waals surface area contributed by atoms with Gasteiger partial charge in [-0.05, 0) is 41.4 Å². The molecule has 28 heavy (non-hydrogen) atoms. The Labute approximate surface area is 174 Å². The number of para-hydroxylation sites is 1. The van der Waals surface area contributed by atoms with Gasteiger partial charge in [-0.2, -0.15) is 19.8 Å². The summed E-state index contributed by atoms with van der Waals surface area (Å²) in [5.41, 5.74) is 6.19. The van der Waals surface area contributed by atoms with Gasteiger partial charge in [0.25, 0.3) is 0 Å². The van der Waals surface area contributed by atoms with E-state index in [1.165, 1.54) is 23.3 Å². The number of hydrazone groups is 1. The number of nitriles is 1. The molecule has 0 spiro atoms. The third kappa shape index (κ3) is 3.71. The van der Waals surface area contributed by atoms with Crippen molar-refractivity contribution in [2.24, 2.45) is 5.10 Å². The fraction of sp³-hybridized carbons (Fsp3) is 0.0526. The van der Waals surface area contributed by atoms with E-state index in [1.807, 2.05) is 65.0 Å². The lowest BCUT2D eigenvalue weighted by Gasteiger charge is -1.98. The second-order valence-electron chi connectivity index (χ2n) is 5.57. The molecule has 3 aromatic heterocycles. The summed E-state index contributed by atoms with van der Waals surface area (Å²) in [7, 11) is 0. The zero-order valence-corrected chi connectivity index (χ0v) is 17.2. The van der Waals surface area contributed by atoms with Crippen LogP contribution in [0.2, 0.25) is 0 Å². The molecule has 0 aliphatic rings. The van der Waals surface area contributed by atoms with Gasteiger partial charge in [0, 0.05) is 11.8 Å². The lowest BCUT2D eigenvalue weighted by molar-refractivity contribution is 0.885. The summed E-state index contributed by atoms with van der Waals surface area (Å²) in [5.74, 6) is 0. The number of nitrogens with one attached hydrogen (secondary N) is 1. The zero-order chi connectivity index (χ0) is 19.3. The van der Waals surface area contributed by atoms with Crippen LogP contribution in [0, 0.1) is 11.3 Å². The van der Waals surface area contributed by atoms with E-state index in [0.29, 0.717) is 15.6 Å². The highest BCUT2D eigenvalue weighted by molar-refractivity contribution is 7.98. The molecule has 1 N–H and O–H groups in total. The molecule has 0 aliphatic carbocycles. The Bertz CT molecular complexity index is 1140. The van der Waals surface area contributed by atoms with Crippen LogP contribution in [-0.2, 0) is 0 Å². The third-order valence-corrected chi connectivity index (χ3v) is 6.28. The smallest absolute Gasteiger partial charge is 0.148 e. The highest BCUT2D eigenvalue weighted by atomic mass is 32.2. The first-order chi connectivity index (χ1) is 13.8. The van der Waals surface area contributed by atoms with Gasteiger partial charge in [-0.1, -0.05) is 24.3 Å². The highest BCUT2D eigenvalue weighted by Gasteiger charge is 2.14. The number of hydrogen-bond donors (Lipinski definition) is 1. The second-order valence-corrected chi connectivity index (χ2v) is 8.08. The number of nitrogens with zero attached hydrogens (tertiary/aromatic N) is 5. The number of thioether (sulfide) groups is 1. The largest absolute Gasteiger partial charge is 0.266 e. The van der Waals surface area contributed by atoms with E-state index in [0.717, 1.165) is 21.8 Å². The molecule has 0 fully saturated rings. The van der Waals surface area contributed by atoms with Crippen LogP contribution in [0.3, 0.4) is 0 Å². The summed E-state index contributed by atoms with van der Waals surface area (Å²) in [6, 6.07) is 16.2. The van der Waals surface area contributed by atoms with Crippen LogP contribution < -0.4 is 5.43 Å². The van der Waals surface area contributed by atoms with Crippen LogP contribution in [0.25, 0.3) is 16.3 Å². The minimum absolute atomic E-state index is 0.521. The fourth-order valence-corrected chi connectivity index (χ4v) is 4.70. The van der Waals surface area contributed by atoms with Crippen LogP contribution in [0.5, 0.6) is 0 Å². The van der Waals surface area contributed by atoms with Gasteiger partial charge in [0.2, 0.25) is 0 Å². The maximum atomic E-state index is 9.33. The van der Waals surface area contributed by atoms with Crippen LogP contribution in [-0.4, -0.2) is 26.6 Å². The van der Waals surface area contributed by atoms with E-state index in [-0.39, 0.29) is 0 Å². The van der Waals surface area contributed by atoms with Crippen LogP contribution >= 0.6 is 34.6 Å². The van der Waals surface area contributed by atoms with E-state index in [1.54, 1.807) is 17.6 Å². The number of thiophene rings is 1. The molecule has 0 amide bonds. The minimum Gasteiger partial charge on any atom is -0.266 e. The van der Waals surface area contributed by atoms with Crippen LogP contribution in [0.4, 0.5) is 5.00 Å². The summed E-state index contributed by atoms with van der Waals surface area (Å²) in [5, 5.41) is 21.8. The zero-order valence-electron chi connectivity index (χ0n) is 14.7. The van der Waals surface area contributed by atoms with Crippen molar-refractivity contribution >= 4 is 45.8 Å². The third-order valence-electron chi connectivity index (χ3n) is 3.85. The normalized spacial score (nSPS) is 11.0. The number of benzene rings is 1. The molecule has 0 atom stereocenters. The maximum absolute atomic E-state index is 9.33. The molecule has 1 aromatic carbocycles. The van der Waals surface area contributed by atoms with E-state index in [2.05, 4.69) is 21.0 Å². The Morgan fingerprint density at radius 3 is 2.82 bits per heavy atom. The number of aromatic nitrogens is 3. The van der Waals surface area contributed by atoms with Gasteiger partial charge >= 0.3 is 0 Å². The predicted molar refractivity (Wildman–Crippen MR) is 117 cm³/mol. The molecule has 0 aliphatic heterocycles. The second kappa shape index (κ2) is 8.39. The number of rotatable bonds is 6. The molecular formula is C19H14N6S3. The first-order valence-electron chi connectivity index (χ1n) is 8.22. The topological polar surface area (TPSA) is 78.9 Å². The van der Waals surface area contributed by atoms with Crippen molar-refractivity contribution in [2.45, 2.75) is 5.03 Å². The summed E-state index contributed by atoms with van der Waals surface area (Å²) < 4.78 is 6.11. The molecule has 4 aromatic rings. The van der Waals surface area contributed by atoms with Crippen molar-refractivity contribution in [3.63, 3.8) is 0 Å². The molecule has 138 valence electrons. The average molecular weight is 423 g/mol. The van der Waals surface area contributed by atoms with Crippen molar-refractivity contribution in [1.29, 1.82) is 5.26 Å². The maximum Gasteiger partial charge on any atom is 0.148 e. The monoisotopic (exact) mass is 422 g/mol. The Hall–Kier alpha value is -2.93. The highest BCUT2D eigenvalue weighted by Crippen LogP contribution is 2.30. The molecule has 0 saturated heterocycles. The summed E-state index contributed by atoms with van der Waals surface area (Å²) in [6.45, 7) is 0. The quantitative estimate of drug-likeness (QED) is 0.266. The van der Waals surface area contributed by atoms with Gasteiger partial charge in [-0.3, -0.25) is 5.43 Å².